The lowest BCUT2D eigenvalue weighted by atomic mass is 10.3. The number of benzene rings is 1. The number of nitrogens with two attached hydrogens (primary N) is 1. The second-order valence-corrected chi connectivity index (χ2v) is 3.86. The fourth-order valence-corrected chi connectivity index (χ4v) is 1.57. The number of aromatic nitrogens is 4. The average molecular weight is 270 g/mol. The van der Waals surface area contributed by atoms with Crippen LogP contribution in [0.25, 0.3) is 5.69 Å². The Hall–Kier alpha value is -1.63. The molecule has 0 fully saturated rings. The smallest absolute Gasteiger partial charge is 0.368 e. The first-order chi connectivity index (χ1) is 7.09. The molecule has 0 spiro atoms. The van der Waals surface area contributed by atoms with Gasteiger partial charge in [0, 0.05) is 17.2 Å². The zero-order valence-corrected chi connectivity index (χ0v) is 9.47. The molecule has 0 bridgehead atoms. The molecule has 0 atom stereocenters. The highest BCUT2D eigenvalue weighted by atomic mass is 79.9. The van der Waals surface area contributed by atoms with Gasteiger partial charge < -0.3 is 5.73 Å². The van der Waals surface area contributed by atoms with Gasteiger partial charge >= 0.3 is 5.69 Å². The summed E-state index contributed by atoms with van der Waals surface area (Å²) >= 11 is 3.32. The zero-order chi connectivity index (χ0) is 11.0. The van der Waals surface area contributed by atoms with Gasteiger partial charge in [-0.25, -0.2) is 4.79 Å². The minimum atomic E-state index is -0.318. The van der Waals surface area contributed by atoms with Crippen molar-refractivity contribution in [3.8, 4) is 5.69 Å². The van der Waals surface area contributed by atoms with E-state index in [0.29, 0.717) is 11.4 Å². The zero-order valence-electron chi connectivity index (χ0n) is 7.88. The Morgan fingerprint density at radius 2 is 2.13 bits per heavy atom. The SMILES string of the molecule is Cn1nnn(-c2cc(N)ccc2Br)c1=O. The summed E-state index contributed by atoms with van der Waals surface area (Å²) < 4.78 is 3.06. The van der Waals surface area contributed by atoms with E-state index in [0.717, 1.165) is 9.15 Å². The van der Waals surface area contributed by atoms with Crippen molar-refractivity contribution in [3.63, 3.8) is 0 Å². The van der Waals surface area contributed by atoms with Crippen LogP contribution in [0.4, 0.5) is 5.69 Å². The molecule has 1 aromatic heterocycles. The third kappa shape index (κ3) is 1.65. The van der Waals surface area contributed by atoms with Crippen molar-refractivity contribution >= 4 is 21.6 Å². The Morgan fingerprint density at radius 1 is 1.40 bits per heavy atom. The highest BCUT2D eigenvalue weighted by molar-refractivity contribution is 9.10. The van der Waals surface area contributed by atoms with Crippen molar-refractivity contribution in [2.45, 2.75) is 0 Å². The van der Waals surface area contributed by atoms with Gasteiger partial charge in [-0.05, 0) is 44.6 Å². The molecule has 0 saturated carbocycles. The van der Waals surface area contributed by atoms with E-state index in [2.05, 4.69) is 26.4 Å². The van der Waals surface area contributed by atoms with Crippen LogP contribution in [0.5, 0.6) is 0 Å². The van der Waals surface area contributed by atoms with Crippen LogP contribution < -0.4 is 11.4 Å². The lowest BCUT2D eigenvalue weighted by Crippen LogP contribution is -2.22. The maximum atomic E-state index is 11.6. The van der Waals surface area contributed by atoms with E-state index in [9.17, 15) is 4.79 Å². The predicted molar refractivity (Wildman–Crippen MR) is 58.7 cm³/mol. The van der Waals surface area contributed by atoms with E-state index in [1.807, 2.05) is 0 Å². The van der Waals surface area contributed by atoms with E-state index < -0.39 is 0 Å². The number of rotatable bonds is 1. The highest BCUT2D eigenvalue weighted by Crippen LogP contribution is 2.21. The Labute approximate surface area is 93.4 Å². The summed E-state index contributed by atoms with van der Waals surface area (Å²) in [6.45, 7) is 0. The number of hydrogen-bond donors (Lipinski definition) is 1. The molecule has 0 aliphatic rings. The second kappa shape index (κ2) is 3.50. The summed E-state index contributed by atoms with van der Waals surface area (Å²) in [7, 11) is 1.53. The number of nitrogen functional groups attached to an aromatic ring is 1. The molecule has 7 heteroatoms. The van der Waals surface area contributed by atoms with Gasteiger partial charge in [0.2, 0.25) is 0 Å². The maximum Gasteiger partial charge on any atom is 0.368 e. The Morgan fingerprint density at radius 3 is 2.73 bits per heavy atom. The summed E-state index contributed by atoms with van der Waals surface area (Å²) in [6.07, 6.45) is 0. The minimum absolute atomic E-state index is 0.318. The lowest BCUT2D eigenvalue weighted by Gasteiger charge is -2.02. The molecule has 6 nitrogen and oxygen atoms in total. The van der Waals surface area contributed by atoms with Crippen molar-refractivity contribution in [3.05, 3.63) is 33.2 Å². The standard InChI is InChI=1S/C8H8BrN5O/c1-13-8(15)14(12-11-13)7-4-5(10)2-3-6(7)9/h2-4H,10H2,1H3. The Balaban J connectivity index is 2.69. The van der Waals surface area contributed by atoms with E-state index in [1.54, 1.807) is 18.2 Å². The molecule has 2 N–H and O–H groups in total. The molecule has 15 heavy (non-hydrogen) atoms. The normalized spacial score (nSPS) is 10.5. The molecule has 0 radical (unpaired) electrons. The van der Waals surface area contributed by atoms with E-state index >= 15 is 0 Å². The lowest BCUT2D eigenvalue weighted by molar-refractivity contribution is 0.693. The van der Waals surface area contributed by atoms with Gasteiger partial charge in [0.05, 0.1) is 5.69 Å². The molecule has 78 valence electrons. The fraction of sp³-hybridized carbons (Fsp3) is 0.125. The van der Waals surface area contributed by atoms with Gasteiger partial charge in [0.15, 0.2) is 0 Å². The summed E-state index contributed by atoms with van der Waals surface area (Å²) in [6, 6.07) is 5.14. The number of hydrogen-bond acceptors (Lipinski definition) is 4. The van der Waals surface area contributed by atoms with E-state index in [-0.39, 0.29) is 5.69 Å². The monoisotopic (exact) mass is 269 g/mol. The van der Waals surface area contributed by atoms with Crippen LogP contribution in [-0.2, 0) is 7.05 Å². The van der Waals surface area contributed by atoms with Crippen LogP contribution in [0.1, 0.15) is 0 Å². The molecule has 0 amide bonds. The predicted octanol–water partition coefficient (Wildman–Crippen LogP) is 0.311. The number of tetrazole rings is 1. The van der Waals surface area contributed by atoms with Crippen molar-refractivity contribution < 1.29 is 0 Å². The van der Waals surface area contributed by atoms with Crippen molar-refractivity contribution in [2.75, 3.05) is 5.73 Å². The van der Waals surface area contributed by atoms with Crippen LogP contribution in [0.15, 0.2) is 27.5 Å². The van der Waals surface area contributed by atoms with E-state index in [1.165, 1.54) is 11.7 Å². The van der Waals surface area contributed by atoms with Crippen molar-refractivity contribution in [1.82, 2.24) is 19.8 Å². The van der Waals surface area contributed by atoms with Gasteiger partial charge in [-0.3, -0.25) is 0 Å². The van der Waals surface area contributed by atoms with Crippen LogP contribution >= 0.6 is 15.9 Å². The molecule has 0 aliphatic carbocycles. The first-order valence-corrected chi connectivity index (χ1v) is 4.93. The molecule has 0 saturated heterocycles. The highest BCUT2D eigenvalue weighted by Gasteiger charge is 2.09. The summed E-state index contributed by atoms with van der Waals surface area (Å²) in [5, 5.41) is 7.34. The second-order valence-electron chi connectivity index (χ2n) is 3.01. The first kappa shape index (κ1) is 9.91. The molecule has 1 heterocycles. The number of nitrogens with zero attached hydrogens (tertiary/aromatic N) is 4. The number of halogens is 1. The third-order valence-electron chi connectivity index (χ3n) is 1.92. The fourth-order valence-electron chi connectivity index (χ4n) is 1.16. The Kier molecular flexibility index (Phi) is 2.31. The summed E-state index contributed by atoms with van der Waals surface area (Å²) in [4.78, 5) is 11.6. The molecule has 2 aromatic rings. The number of aryl methyl sites for hydroxylation is 1. The quantitative estimate of drug-likeness (QED) is 0.756. The van der Waals surface area contributed by atoms with Gasteiger partial charge in [-0.2, -0.15) is 9.36 Å². The van der Waals surface area contributed by atoms with Crippen LogP contribution in [0.3, 0.4) is 0 Å². The van der Waals surface area contributed by atoms with Crippen molar-refractivity contribution in [1.29, 1.82) is 0 Å². The molecule has 0 aliphatic heterocycles. The maximum absolute atomic E-state index is 11.6. The van der Waals surface area contributed by atoms with Gasteiger partial charge in [0.1, 0.15) is 0 Å². The first-order valence-electron chi connectivity index (χ1n) is 4.14. The van der Waals surface area contributed by atoms with Crippen LogP contribution in [0, 0.1) is 0 Å². The van der Waals surface area contributed by atoms with Crippen LogP contribution in [-0.4, -0.2) is 19.8 Å². The summed E-state index contributed by atoms with van der Waals surface area (Å²) in [5.41, 5.74) is 6.45. The van der Waals surface area contributed by atoms with Gasteiger partial charge in [-0.1, -0.05) is 0 Å². The summed E-state index contributed by atoms with van der Waals surface area (Å²) in [5.74, 6) is 0. The topological polar surface area (TPSA) is 78.7 Å². The van der Waals surface area contributed by atoms with Crippen molar-refractivity contribution in [2.24, 2.45) is 7.05 Å². The van der Waals surface area contributed by atoms with Gasteiger partial charge in [0.25, 0.3) is 0 Å². The third-order valence-corrected chi connectivity index (χ3v) is 2.59. The number of anilines is 1. The van der Waals surface area contributed by atoms with Crippen LogP contribution in [0.2, 0.25) is 0 Å². The molecule has 0 unspecified atom stereocenters. The average Bonchev–Trinajstić information content (AvgIpc) is 2.52. The molecular weight excluding hydrogens is 262 g/mol. The molecule has 1 aromatic carbocycles. The van der Waals surface area contributed by atoms with Gasteiger partial charge in [-0.15, -0.1) is 0 Å². The largest absolute Gasteiger partial charge is 0.399 e. The molecular formula is C8H8BrN5O. The molecule has 2 rings (SSSR count). The Bertz CT molecular complexity index is 558. The minimum Gasteiger partial charge on any atom is -0.399 e. The van der Waals surface area contributed by atoms with E-state index in [4.69, 9.17) is 5.73 Å².